The van der Waals surface area contributed by atoms with Gasteiger partial charge in [0.25, 0.3) is 15.9 Å². The molecule has 1 heterocycles. The Bertz CT molecular complexity index is 1500. The van der Waals surface area contributed by atoms with Gasteiger partial charge in [-0.15, -0.1) is 0 Å². The van der Waals surface area contributed by atoms with Crippen molar-refractivity contribution in [3.63, 3.8) is 0 Å². The molecule has 0 saturated heterocycles. The molecule has 3 amide bonds. The first-order valence-corrected chi connectivity index (χ1v) is 15.0. The Morgan fingerprint density at radius 3 is 2.45 bits per heavy atom. The summed E-state index contributed by atoms with van der Waals surface area (Å²) in [5.74, 6) is -0.155. The summed E-state index contributed by atoms with van der Waals surface area (Å²) in [5.41, 5.74) is 0.845. The molecule has 0 aliphatic carbocycles. The molecule has 0 radical (unpaired) electrons. The summed E-state index contributed by atoms with van der Waals surface area (Å²) < 4.78 is 40.8. The van der Waals surface area contributed by atoms with E-state index in [-0.39, 0.29) is 53.5 Å². The number of methoxy groups -OCH3 is 1. The Hall–Kier alpha value is -4.29. The molecule has 42 heavy (non-hydrogen) atoms. The van der Waals surface area contributed by atoms with Crippen molar-refractivity contribution in [3.05, 3.63) is 78.4 Å². The van der Waals surface area contributed by atoms with Crippen LogP contribution in [0.3, 0.4) is 0 Å². The average molecular weight is 597 g/mol. The minimum absolute atomic E-state index is 0.00385. The van der Waals surface area contributed by atoms with Gasteiger partial charge in [0.1, 0.15) is 11.9 Å². The maximum absolute atomic E-state index is 13.7. The van der Waals surface area contributed by atoms with E-state index in [0.717, 1.165) is 0 Å². The van der Waals surface area contributed by atoms with Crippen molar-refractivity contribution in [2.45, 2.75) is 30.9 Å². The van der Waals surface area contributed by atoms with Crippen LogP contribution in [0, 0.1) is 5.92 Å². The molecule has 3 N–H and O–H groups in total. The second-order valence-corrected chi connectivity index (χ2v) is 11.9. The van der Waals surface area contributed by atoms with Gasteiger partial charge in [0.2, 0.25) is 0 Å². The highest BCUT2D eigenvalue weighted by atomic mass is 32.2. The van der Waals surface area contributed by atoms with Crippen LogP contribution in [0.25, 0.3) is 0 Å². The van der Waals surface area contributed by atoms with Crippen molar-refractivity contribution in [1.29, 1.82) is 0 Å². The summed E-state index contributed by atoms with van der Waals surface area (Å²) in [5, 5.41) is 12.7. The largest absolute Gasteiger partial charge is 0.497 e. The maximum atomic E-state index is 13.7. The molecule has 3 aromatic rings. The lowest BCUT2D eigenvalue weighted by atomic mass is 9.99. The monoisotopic (exact) mass is 596 g/mol. The normalized spacial score (nSPS) is 17.6. The number of benzene rings is 3. The van der Waals surface area contributed by atoms with Crippen molar-refractivity contribution in [2.75, 3.05) is 43.9 Å². The average Bonchev–Trinajstić information content (AvgIpc) is 2.99. The summed E-state index contributed by atoms with van der Waals surface area (Å²) in [6.45, 7) is 3.74. The van der Waals surface area contributed by atoms with Gasteiger partial charge in [-0.05, 0) is 55.5 Å². The van der Waals surface area contributed by atoms with Crippen molar-refractivity contribution < 1.29 is 32.6 Å². The van der Waals surface area contributed by atoms with Gasteiger partial charge in [0.05, 0.1) is 42.4 Å². The first-order chi connectivity index (χ1) is 20.0. The number of nitrogens with zero attached hydrogens (tertiary/aromatic N) is 2. The molecule has 3 atom stereocenters. The number of carbonyl (C=O) groups is 2. The fourth-order valence-corrected chi connectivity index (χ4v) is 5.66. The Labute approximate surface area is 246 Å². The molecule has 11 nitrogen and oxygen atoms in total. The molecule has 0 aromatic heterocycles. The first-order valence-electron chi connectivity index (χ1n) is 13.5. The predicted octanol–water partition coefficient (Wildman–Crippen LogP) is 3.88. The summed E-state index contributed by atoms with van der Waals surface area (Å²) in [6, 6.07) is 18.7. The van der Waals surface area contributed by atoms with Crippen molar-refractivity contribution in [2.24, 2.45) is 5.92 Å². The maximum Gasteiger partial charge on any atom is 0.321 e. The van der Waals surface area contributed by atoms with Crippen LogP contribution in [0.4, 0.5) is 16.2 Å². The molecule has 224 valence electrons. The quantitative estimate of drug-likeness (QED) is 0.341. The zero-order valence-electron chi connectivity index (χ0n) is 24.0. The molecule has 0 saturated carbocycles. The van der Waals surface area contributed by atoms with Gasteiger partial charge in [0.15, 0.2) is 5.75 Å². The number of ether oxygens (including phenoxy) is 2. The highest BCUT2D eigenvalue weighted by molar-refractivity contribution is 7.92. The number of hydrogen-bond donors (Lipinski definition) is 3. The third-order valence-electron chi connectivity index (χ3n) is 7.13. The SMILES string of the molecule is COc1ccc(S(=O)(=O)Nc2cccc3c2O[C@H](CN(C)C(=O)Nc2ccccc2)[C@@H](C)CN([C@@H](C)CO)C3=O)cc1. The minimum atomic E-state index is -4.07. The number of aliphatic hydroxyl groups excluding tert-OH is 1. The van der Waals surface area contributed by atoms with Crippen LogP contribution < -0.4 is 19.5 Å². The van der Waals surface area contributed by atoms with Crippen LogP contribution in [0.2, 0.25) is 0 Å². The van der Waals surface area contributed by atoms with Crippen LogP contribution in [-0.4, -0.2) is 81.3 Å². The van der Waals surface area contributed by atoms with Crippen LogP contribution in [0.5, 0.6) is 11.5 Å². The van der Waals surface area contributed by atoms with Gasteiger partial charge in [0, 0.05) is 25.2 Å². The van der Waals surface area contributed by atoms with E-state index in [1.165, 1.54) is 42.3 Å². The molecule has 4 rings (SSSR count). The first kappa shape index (κ1) is 30.7. The lowest BCUT2D eigenvalue weighted by Crippen LogP contribution is -2.50. The van der Waals surface area contributed by atoms with Gasteiger partial charge in [-0.3, -0.25) is 9.52 Å². The standard InChI is InChI=1S/C30H36N4O7S/c1-20-17-34(21(2)19-35)29(36)25-11-8-12-26(32-42(38,39)24-15-13-23(40-4)14-16-24)28(25)41-27(20)18-33(3)30(37)31-22-9-6-5-7-10-22/h5-16,20-21,27,32,35H,17-19H2,1-4H3,(H,31,37)/t20-,21-,27+/m0/s1. The topological polar surface area (TPSA) is 138 Å². The molecule has 1 aliphatic heterocycles. The Balaban J connectivity index is 1.69. The summed E-state index contributed by atoms with van der Waals surface area (Å²) in [6.07, 6.45) is -0.636. The molecular weight excluding hydrogens is 560 g/mol. The Morgan fingerprint density at radius 2 is 1.81 bits per heavy atom. The fourth-order valence-electron chi connectivity index (χ4n) is 4.59. The van der Waals surface area contributed by atoms with E-state index >= 15 is 0 Å². The molecule has 1 aliphatic rings. The molecule has 0 bridgehead atoms. The Kier molecular flexibility index (Phi) is 9.59. The molecule has 12 heteroatoms. The number of anilines is 2. The third kappa shape index (κ3) is 6.94. The van der Waals surface area contributed by atoms with Crippen molar-refractivity contribution in [1.82, 2.24) is 9.80 Å². The van der Waals surface area contributed by atoms with E-state index in [1.807, 2.05) is 25.1 Å². The van der Waals surface area contributed by atoms with Crippen LogP contribution in [-0.2, 0) is 10.0 Å². The van der Waals surface area contributed by atoms with Gasteiger partial charge < -0.3 is 29.7 Å². The minimum Gasteiger partial charge on any atom is -0.497 e. The number of aliphatic hydroxyl groups is 1. The zero-order valence-corrected chi connectivity index (χ0v) is 24.8. The second-order valence-electron chi connectivity index (χ2n) is 10.3. The number of urea groups is 1. The lowest BCUT2D eigenvalue weighted by molar-refractivity contribution is 0.0373. The number of sulfonamides is 1. The summed E-state index contributed by atoms with van der Waals surface area (Å²) >= 11 is 0. The van der Waals surface area contributed by atoms with Crippen LogP contribution in [0.1, 0.15) is 24.2 Å². The molecule has 3 aromatic carbocycles. The lowest BCUT2D eigenvalue weighted by Gasteiger charge is -2.38. The number of nitrogens with one attached hydrogen (secondary N) is 2. The summed E-state index contributed by atoms with van der Waals surface area (Å²) in [7, 11) is -0.956. The van der Waals surface area contributed by atoms with Crippen LogP contribution >= 0.6 is 0 Å². The molecular formula is C30H36N4O7S. The van der Waals surface area contributed by atoms with E-state index < -0.39 is 28.1 Å². The van der Waals surface area contributed by atoms with Crippen LogP contribution in [0.15, 0.2) is 77.7 Å². The number of hydrogen-bond acceptors (Lipinski definition) is 7. The number of para-hydroxylation sites is 2. The Morgan fingerprint density at radius 1 is 1.12 bits per heavy atom. The second kappa shape index (κ2) is 13.1. The number of fused-ring (bicyclic) bond motifs is 1. The number of amides is 3. The predicted molar refractivity (Wildman–Crippen MR) is 159 cm³/mol. The summed E-state index contributed by atoms with van der Waals surface area (Å²) in [4.78, 5) is 29.7. The van der Waals surface area contributed by atoms with E-state index in [0.29, 0.717) is 11.4 Å². The van der Waals surface area contributed by atoms with E-state index in [2.05, 4.69) is 10.0 Å². The van der Waals surface area contributed by atoms with Crippen molar-refractivity contribution in [3.8, 4) is 11.5 Å². The number of rotatable bonds is 9. The third-order valence-corrected chi connectivity index (χ3v) is 8.51. The molecule has 0 unspecified atom stereocenters. The van der Waals surface area contributed by atoms with Gasteiger partial charge >= 0.3 is 6.03 Å². The number of likely N-dealkylation sites (N-methyl/N-ethyl adjacent to an activating group) is 1. The highest BCUT2D eigenvalue weighted by Crippen LogP contribution is 2.36. The van der Waals surface area contributed by atoms with Gasteiger partial charge in [-0.25, -0.2) is 13.2 Å². The highest BCUT2D eigenvalue weighted by Gasteiger charge is 2.35. The van der Waals surface area contributed by atoms with Crippen molar-refractivity contribution >= 4 is 33.3 Å². The van der Waals surface area contributed by atoms with E-state index in [4.69, 9.17) is 9.47 Å². The van der Waals surface area contributed by atoms with Gasteiger partial charge in [-0.2, -0.15) is 0 Å². The fraction of sp³-hybridized carbons (Fsp3) is 0.333. The molecule has 0 fully saturated rings. The molecule has 0 spiro atoms. The zero-order chi connectivity index (χ0) is 30.4. The van der Waals surface area contributed by atoms with E-state index in [9.17, 15) is 23.1 Å². The van der Waals surface area contributed by atoms with E-state index in [1.54, 1.807) is 43.1 Å². The van der Waals surface area contributed by atoms with Gasteiger partial charge in [-0.1, -0.05) is 31.2 Å². The smallest absolute Gasteiger partial charge is 0.321 e. The number of carbonyl (C=O) groups excluding carboxylic acids is 2.